The topological polar surface area (TPSA) is 46.2 Å². The van der Waals surface area contributed by atoms with E-state index in [0.717, 1.165) is 18.4 Å². The standard InChI is InChI=1S/C11H13ClF3NO2S/c1-19(17,18)6-2-5-16-8-3-4-10(12)9(7-8)11(13,14)15/h3-4,7,16H,2,5-6H2,1H3. The number of sulfone groups is 1. The van der Waals surface area contributed by atoms with Gasteiger partial charge in [0.2, 0.25) is 0 Å². The van der Waals surface area contributed by atoms with Crippen LogP contribution < -0.4 is 5.32 Å². The van der Waals surface area contributed by atoms with Crippen LogP contribution in [0.4, 0.5) is 18.9 Å². The maximum atomic E-state index is 12.6. The number of hydrogen-bond acceptors (Lipinski definition) is 3. The van der Waals surface area contributed by atoms with Gasteiger partial charge in [-0.15, -0.1) is 0 Å². The lowest BCUT2D eigenvalue weighted by Crippen LogP contribution is -2.11. The van der Waals surface area contributed by atoms with Gasteiger partial charge < -0.3 is 5.32 Å². The van der Waals surface area contributed by atoms with Crippen LogP contribution in [0.1, 0.15) is 12.0 Å². The van der Waals surface area contributed by atoms with E-state index in [1.807, 2.05) is 0 Å². The molecule has 1 aromatic carbocycles. The number of nitrogens with one attached hydrogen (secondary N) is 1. The van der Waals surface area contributed by atoms with E-state index < -0.39 is 21.6 Å². The average Bonchev–Trinajstić information content (AvgIpc) is 2.23. The summed E-state index contributed by atoms with van der Waals surface area (Å²) in [5, 5.41) is 2.37. The molecule has 0 spiro atoms. The van der Waals surface area contributed by atoms with Crippen molar-refractivity contribution in [1.82, 2.24) is 0 Å². The minimum absolute atomic E-state index is 0.0142. The van der Waals surface area contributed by atoms with Crippen molar-refractivity contribution in [2.24, 2.45) is 0 Å². The number of alkyl halides is 3. The normalized spacial score (nSPS) is 12.5. The first-order chi connectivity index (χ1) is 8.59. The molecule has 0 atom stereocenters. The van der Waals surface area contributed by atoms with Crippen molar-refractivity contribution in [3.8, 4) is 0 Å². The fraction of sp³-hybridized carbons (Fsp3) is 0.455. The Bertz CT molecular complexity index is 543. The van der Waals surface area contributed by atoms with E-state index >= 15 is 0 Å². The predicted molar refractivity (Wildman–Crippen MR) is 69.3 cm³/mol. The summed E-state index contributed by atoms with van der Waals surface area (Å²) in [6.45, 7) is 0.270. The Hall–Kier alpha value is -0.950. The summed E-state index contributed by atoms with van der Waals surface area (Å²) in [5.41, 5.74) is -0.660. The highest BCUT2D eigenvalue weighted by Gasteiger charge is 2.33. The lowest BCUT2D eigenvalue weighted by Gasteiger charge is -2.12. The van der Waals surface area contributed by atoms with Crippen molar-refractivity contribution in [2.45, 2.75) is 12.6 Å². The zero-order chi connectivity index (χ0) is 14.7. The van der Waals surface area contributed by atoms with E-state index in [0.29, 0.717) is 6.42 Å². The number of rotatable bonds is 5. The van der Waals surface area contributed by atoms with Crippen LogP contribution in [0.25, 0.3) is 0 Å². The Morgan fingerprint density at radius 1 is 1.32 bits per heavy atom. The molecule has 0 unspecified atom stereocenters. The molecule has 0 heterocycles. The Morgan fingerprint density at radius 2 is 1.95 bits per heavy atom. The SMILES string of the molecule is CS(=O)(=O)CCCNc1ccc(Cl)c(C(F)(F)F)c1. The quantitative estimate of drug-likeness (QED) is 0.849. The molecule has 3 nitrogen and oxygen atoms in total. The zero-order valence-electron chi connectivity index (χ0n) is 10.1. The van der Waals surface area contributed by atoms with Crippen LogP contribution in [-0.4, -0.2) is 27.0 Å². The molecule has 8 heteroatoms. The highest BCUT2D eigenvalue weighted by Crippen LogP contribution is 2.36. The fourth-order valence-electron chi connectivity index (χ4n) is 1.42. The predicted octanol–water partition coefficient (Wildman–Crippen LogP) is 3.21. The molecular weight excluding hydrogens is 303 g/mol. The summed E-state index contributed by atoms with van der Waals surface area (Å²) >= 11 is 5.47. The number of benzene rings is 1. The van der Waals surface area contributed by atoms with E-state index in [1.54, 1.807) is 0 Å². The minimum atomic E-state index is -4.51. The van der Waals surface area contributed by atoms with Crippen LogP contribution in [-0.2, 0) is 16.0 Å². The fourth-order valence-corrected chi connectivity index (χ4v) is 2.31. The van der Waals surface area contributed by atoms with Gasteiger partial charge in [0.1, 0.15) is 9.84 Å². The Labute approximate surface area is 114 Å². The highest BCUT2D eigenvalue weighted by atomic mass is 35.5. The third-order valence-corrected chi connectivity index (χ3v) is 3.65. The van der Waals surface area contributed by atoms with Crippen molar-refractivity contribution < 1.29 is 21.6 Å². The van der Waals surface area contributed by atoms with Gasteiger partial charge in [0.05, 0.1) is 16.3 Å². The summed E-state index contributed by atoms with van der Waals surface area (Å²) in [6.07, 6.45) is -3.08. The van der Waals surface area contributed by atoms with Crippen LogP contribution in [0.2, 0.25) is 5.02 Å². The molecule has 0 saturated heterocycles. The second-order valence-corrected chi connectivity index (χ2v) is 6.77. The Kier molecular flexibility index (Phi) is 5.09. The Balaban J connectivity index is 2.66. The maximum Gasteiger partial charge on any atom is 0.417 e. The lowest BCUT2D eigenvalue weighted by molar-refractivity contribution is -0.137. The smallest absolute Gasteiger partial charge is 0.385 e. The van der Waals surface area contributed by atoms with Crippen molar-refractivity contribution in [3.63, 3.8) is 0 Å². The maximum absolute atomic E-state index is 12.6. The number of anilines is 1. The molecular formula is C11H13ClF3NO2S. The largest absolute Gasteiger partial charge is 0.417 e. The van der Waals surface area contributed by atoms with Crippen LogP contribution >= 0.6 is 11.6 Å². The molecule has 0 fully saturated rings. The summed E-state index contributed by atoms with van der Waals surface area (Å²) in [6, 6.07) is 3.48. The molecule has 0 aromatic heterocycles. The number of halogens is 4. The monoisotopic (exact) mass is 315 g/mol. The van der Waals surface area contributed by atoms with Crippen molar-refractivity contribution in [1.29, 1.82) is 0 Å². The molecule has 0 bridgehead atoms. The zero-order valence-corrected chi connectivity index (χ0v) is 11.7. The van der Waals surface area contributed by atoms with Gasteiger partial charge in [-0.1, -0.05) is 11.6 Å². The summed E-state index contributed by atoms with van der Waals surface area (Å²) < 4.78 is 59.5. The van der Waals surface area contributed by atoms with Gasteiger partial charge in [-0.05, 0) is 24.6 Å². The Morgan fingerprint density at radius 3 is 2.47 bits per heavy atom. The van der Waals surface area contributed by atoms with Crippen LogP contribution in [0.5, 0.6) is 0 Å². The molecule has 1 N–H and O–H groups in total. The van der Waals surface area contributed by atoms with Gasteiger partial charge in [0.25, 0.3) is 0 Å². The van der Waals surface area contributed by atoms with Gasteiger partial charge >= 0.3 is 6.18 Å². The van der Waals surface area contributed by atoms with Crippen molar-refractivity contribution in [2.75, 3.05) is 23.9 Å². The van der Waals surface area contributed by atoms with Gasteiger partial charge in [0, 0.05) is 18.5 Å². The van der Waals surface area contributed by atoms with Crippen LogP contribution in [0.3, 0.4) is 0 Å². The summed E-state index contributed by atoms with van der Waals surface area (Å²) in [5.74, 6) is -0.0142. The molecule has 0 aliphatic heterocycles. The van der Waals surface area contributed by atoms with Gasteiger partial charge in [0.15, 0.2) is 0 Å². The first-order valence-corrected chi connectivity index (χ1v) is 7.82. The first-order valence-electron chi connectivity index (χ1n) is 5.38. The minimum Gasteiger partial charge on any atom is -0.385 e. The van der Waals surface area contributed by atoms with Crippen molar-refractivity contribution in [3.05, 3.63) is 28.8 Å². The molecule has 108 valence electrons. The van der Waals surface area contributed by atoms with E-state index in [4.69, 9.17) is 11.6 Å². The average molecular weight is 316 g/mol. The molecule has 0 radical (unpaired) electrons. The third kappa shape index (κ3) is 5.69. The molecule has 1 aromatic rings. The molecule has 0 saturated carbocycles. The third-order valence-electron chi connectivity index (χ3n) is 2.29. The molecule has 0 aliphatic carbocycles. The second kappa shape index (κ2) is 6.00. The van der Waals surface area contributed by atoms with Crippen molar-refractivity contribution >= 4 is 27.1 Å². The first kappa shape index (κ1) is 16.1. The highest BCUT2D eigenvalue weighted by molar-refractivity contribution is 7.90. The summed E-state index contributed by atoms with van der Waals surface area (Å²) in [4.78, 5) is 0. The van der Waals surface area contributed by atoms with E-state index in [1.165, 1.54) is 6.07 Å². The second-order valence-electron chi connectivity index (χ2n) is 4.10. The van der Waals surface area contributed by atoms with E-state index in [-0.39, 0.29) is 23.0 Å². The van der Waals surface area contributed by atoms with Gasteiger partial charge in [-0.25, -0.2) is 8.42 Å². The van der Waals surface area contributed by atoms with Crippen LogP contribution in [0, 0.1) is 0 Å². The van der Waals surface area contributed by atoms with E-state index in [9.17, 15) is 21.6 Å². The van der Waals surface area contributed by atoms with E-state index in [2.05, 4.69) is 5.32 Å². The van der Waals surface area contributed by atoms with Gasteiger partial charge in [-0.2, -0.15) is 13.2 Å². The molecule has 0 aliphatic rings. The lowest BCUT2D eigenvalue weighted by atomic mass is 10.2. The molecule has 1 rings (SSSR count). The van der Waals surface area contributed by atoms with Gasteiger partial charge in [-0.3, -0.25) is 0 Å². The molecule has 19 heavy (non-hydrogen) atoms. The van der Waals surface area contributed by atoms with Crippen LogP contribution in [0.15, 0.2) is 18.2 Å². The number of hydrogen-bond donors (Lipinski definition) is 1. The molecule has 0 amide bonds. The summed E-state index contributed by atoms with van der Waals surface area (Å²) in [7, 11) is -3.06.